The first-order valence-corrected chi connectivity index (χ1v) is 6.92. The SMILES string of the molecule is Brc1ccc2c(c1)NC1CCCCC1CN2. The molecule has 3 rings (SSSR count). The maximum atomic E-state index is 3.71. The van der Waals surface area contributed by atoms with E-state index in [0.29, 0.717) is 6.04 Å². The van der Waals surface area contributed by atoms with E-state index in [-0.39, 0.29) is 0 Å². The number of halogens is 1. The first-order chi connectivity index (χ1) is 7.83. The summed E-state index contributed by atoms with van der Waals surface area (Å²) in [6, 6.07) is 7.10. The van der Waals surface area contributed by atoms with Crippen LogP contribution in [0.15, 0.2) is 22.7 Å². The number of benzene rings is 1. The van der Waals surface area contributed by atoms with E-state index >= 15 is 0 Å². The van der Waals surface area contributed by atoms with Gasteiger partial charge in [0, 0.05) is 17.1 Å². The topological polar surface area (TPSA) is 24.1 Å². The lowest BCUT2D eigenvalue weighted by molar-refractivity contribution is 0.342. The standard InChI is InChI=1S/C13H17BrN2/c14-10-5-6-12-13(7-10)16-11-4-2-1-3-9(11)8-15-12/h5-7,9,11,15-16H,1-4,8H2. The van der Waals surface area contributed by atoms with Crippen molar-refractivity contribution in [2.24, 2.45) is 5.92 Å². The van der Waals surface area contributed by atoms with Gasteiger partial charge in [-0.25, -0.2) is 0 Å². The Balaban J connectivity index is 1.90. The van der Waals surface area contributed by atoms with Crippen molar-refractivity contribution in [3.05, 3.63) is 22.7 Å². The zero-order valence-corrected chi connectivity index (χ0v) is 10.9. The summed E-state index contributed by atoms with van der Waals surface area (Å²) in [4.78, 5) is 0. The molecule has 3 heteroatoms. The second-order valence-corrected chi connectivity index (χ2v) is 5.78. The van der Waals surface area contributed by atoms with Crippen LogP contribution < -0.4 is 10.6 Å². The molecule has 0 saturated heterocycles. The lowest BCUT2D eigenvalue weighted by atomic mass is 9.84. The van der Waals surface area contributed by atoms with Gasteiger partial charge >= 0.3 is 0 Å². The molecule has 1 heterocycles. The molecule has 2 atom stereocenters. The average molecular weight is 281 g/mol. The number of nitrogens with one attached hydrogen (secondary N) is 2. The smallest absolute Gasteiger partial charge is 0.0589 e. The summed E-state index contributed by atoms with van der Waals surface area (Å²) < 4.78 is 1.15. The normalized spacial score (nSPS) is 28.1. The molecular formula is C13H17BrN2. The zero-order chi connectivity index (χ0) is 11.0. The first kappa shape index (κ1) is 10.5. The van der Waals surface area contributed by atoms with Crippen LogP contribution in [-0.2, 0) is 0 Å². The fourth-order valence-corrected chi connectivity index (χ4v) is 3.23. The summed E-state index contributed by atoms with van der Waals surface area (Å²) in [6.07, 6.45) is 5.44. The third-order valence-corrected chi connectivity index (χ3v) is 4.28. The highest BCUT2D eigenvalue weighted by atomic mass is 79.9. The van der Waals surface area contributed by atoms with Crippen molar-refractivity contribution in [2.45, 2.75) is 31.7 Å². The monoisotopic (exact) mass is 280 g/mol. The van der Waals surface area contributed by atoms with Crippen LogP contribution in [0.2, 0.25) is 0 Å². The van der Waals surface area contributed by atoms with Crippen LogP contribution in [0.25, 0.3) is 0 Å². The van der Waals surface area contributed by atoms with Crippen LogP contribution in [0.3, 0.4) is 0 Å². The Kier molecular flexibility index (Phi) is 2.80. The molecule has 2 aliphatic rings. The van der Waals surface area contributed by atoms with Crippen LogP contribution in [0.4, 0.5) is 11.4 Å². The number of fused-ring (bicyclic) bond motifs is 2. The van der Waals surface area contributed by atoms with Crippen molar-refractivity contribution < 1.29 is 0 Å². The molecule has 2 nitrogen and oxygen atoms in total. The maximum absolute atomic E-state index is 3.71. The summed E-state index contributed by atoms with van der Waals surface area (Å²) >= 11 is 3.54. The molecule has 86 valence electrons. The fourth-order valence-electron chi connectivity index (χ4n) is 2.87. The van der Waals surface area contributed by atoms with Crippen LogP contribution in [-0.4, -0.2) is 12.6 Å². The Morgan fingerprint density at radius 1 is 1.12 bits per heavy atom. The molecule has 0 radical (unpaired) electrons. The van der Waals surface area contributed by atoms with E-state index in [0.717, 1.165) is 16.9 Å². The number of hydrogen-bond donors (Lipinski definition) is 2. The first-order valence-electron chi connectivity index (χ1n) is 6.13. The minimum absolute atomic E-state index is 0.664. The molecular weight excluding hydrogens is 264 g/mol. The lowest BCUT2D eigenvalue weighted by Gasteiger charge is -2.30. The van der Waals surface area contributed by atoms with E-state index in [1.54, 1.807) is 0 Å². The van der Waals surface area contributed by atoms with Gasteiger partial charge in [0.25, 0.3) is 0 Å². The van der Waals surface area contributed by atoms with Gasteiger partial charge in [-0.05, 0) is 37.0 Å². The molecule has 0 bridgehead atoms. The van der Waals surface area contributed by atoms with Crippen LogP contribution in [0, 0.1) is 5.92 Å². The Morgan fingerprint density at radius 3 is 2.94 bits per heavy atom. The van der Waals surface area contributed by atoms with Gasteiger partial charge in [0.2, 0.25) is 0 Å². The summed E-state index contributed by atoms with van der Waals surface area (Å²) in [7, 11) is 0. The molecule has 0 amide bonds. The van der Waals surface area contributed by atoms with Crippen molar-refractivity contribution in [1.29, 1.82) is 0 Å². The summed E-state index contributed by atoms with van der Waals surface area (Å²) in [6.45, 7) is 1.12. The Labute approximate surface area is 105 Å². The highest BCUT2D eigenvalue weighted by Crippen LogP contribution is 2.35. The quantitative estimate of drug-likeness (QED) is 0.755. The fraction of sp³-hybridized carbons (Fsp3) is 0.538. The predicted molar refractivity (Wildman–Crippen MR) is 72.0 cm³/mol. The molecule has 1 saturated carbocycles. The van der Waals surface area contributed by atoms with Crippen molar-refractivity contribution in [3.63, 3.8) is 0 Å². The second kappa shape index (κ2) is 4.28. The minimum Gasteiger partial charge on any atom is -0.383 e. The van der Waals surface area contributed by atoms with Gasteiger partial charge in [0.1, 0.15) is 0 Å². The molecule has 2 unspecified atom stereocenters. The highest BCUT2D eigenvalue weighted by Gasteiger charge is 2.27. The Bertz CT molecular complexity index is 392. The van der Waals surface area contributed by atoms with Gasteiger partial charge in [-0.1, -0.05) is 28.8 Å². The second-order valence-electron chi connectivity index (χ2n) is 4.87. The summed E-state index contributed by atoms with van der Waals surface area (Å²) in [5.74, 6) is 0.792. The number of hydrogen-bond acceptors (Lipinski definition) is 2. The lowest BCUT2D eigenvalue weighted by Crippen LogP contribution is -2.34. The van der Waals surface area contributed by atoms with Crippen LogP contribution in [0.5, 0.6) is 0 Å². The van der Waals surface area contributed by atoms with Crippen molar-refractivity contribution in [2.75, 3.05) is 17.2 Å². The van der Waals surface area contributed by atoms with Gasteiger partial charge < -0.3 is 10.6 Å². The van der Waals surface area contributed by atoms with Crippen molar-refractivity contribution >= 4 is 27.3 Å². The molecule has 16 heavy (non-hydrogen) atoms. The largest absolute Gasteiger partial charge is 0.383 e. The number of anilines is 2. The van der Waals surface area contributed by atoms with E-state index in [4.69, 9.17) is 0 Å². The molecule has 1 aromatic rings. The Morgan fingerprint density at radius 2 is 2.00 bits per heavy atom. The van der Waals surface area contributed by atoms with Crippen LogP contribution in [0.1, 0.15) is 25.7 Å². The molecule has 0 aromatic heterocycles. The van der Waals surface area contributed by atoms with Gasteiger partial charge in [0.05, 0.1) is 11.4 Å². The molecule has 1 fully saturated rings. The molecule has 0 spiro atoms. The van der Waals surface area contributed by atoms with Crippen molar-refractivity contribution in [1.82, 2.24) is 0 Å². The van der Waals surface area contributed by atoms with Crippen molar-refractivity contribution in [3.8, 4) is 0 Å². The van der Waals surface area contributed by atoms with E-state index in [1.807, 2.05) is 0 Å². The molecule has 1 aliphatic heterocycles. The summed E-state index contributed by atoms with van der Waals surface area (Å²) in [5.41, 5.74) is 2.50. The maximum Gasteiger partial charge on any atom is 0.0589 e. The third-order valence-electron chi connectivity index (χ3n) is 3.79. The van der Waals surface area contributed by atoms with E-state index in [2.05, 4.69) is 44.8 Å². The van der Waals surface area contributed by atoms with E-state index < -0.39 is 0 Å². The van der Waals surface area contributed by atoms with Gasteiger partial charge in [-0.15, -0.1) is 0 Å². The number of rotatable bonds is 0. The summed E-state index contributed by atoms with van der Waals surface area (Å²) in [5, 5.41) is 7.28. The third kappa shape index (κ3) is 1.93. The van der Waals surface area contributed by atoms with E-state index in [9.17, 15) is 0 Å². The zero-order valence-electron chi connectivity index (χ0n) is 9.30. The predicted octanol–water partition coefficient (Wildman–Crippen LogP) is 3.85. The highest BCUT2D eigenvalue weighted by molar-refractivity contribution is 9.10. The average Bonchev–Trinajstić information content (AvgIpc) is 2.47. The van der Waals surface area contributed by atoms with Crippen LogP contribution >= 0.6 is 15.9 Å². The Hall–Kier alpha value is -0.700. The molecule has 1 aromatic carbocycles. The molecule has 2 N–H and O–H groups in total. The van der Waals surface area contributed by atoms with E-state index in [1.165, 1.54) is 37.1 Å². The van der Waals surface area contributed by atoms with Gasteiger partial charge in [-0.2, -0.15) is 0 Å². The van der Waals surface area contributed by atoms with Gasteiger partial charge in [-0.3, -0.25) is 0 Å². The van der Waals surface area contributed by atoms with Gasteiger partial charge in [0.15, 0.2) is 0 Å². The minimum atomic E-state index is 0.664. The molecule has 1 aliphatic carbocycles.